The molecule has 1 aliphatic heterocycles. The Balaban J connectivity index is 1.69. The van der Waals surface area contributed by atoms with Gasteiger partial charge < -0.3 is 24.5 Å². The zero-order valence-corrected chi connectivity index (χ0v) is 22.9. The van der Waals surface area contributed by atoms with Gasteiger partial charge in [0.15, 0.2) is 16.9 Å². The lowest BCUT2D eigenvalue weighted by Crippen LogP contribution is -2.40. The van der Waals surface area contributed by atoms with Gasteiger partial charge in [-0.25, -0.2) is 4.39 Å². The first kappa shape index (κ1) is 27.9. The second-order valence-electron chi connectivity index (χ2n) is 10.3. The minimum Gasteiger partial charge on any atom is -0.458 e. The number of nitriles is 1. The number of benzene rings is 3. The maximum atomic E-state index is 14.3. The number of nitrogens with zero attached hydrogens (tertiary/aromatic N) is 2. The lowest BCUT2D eigenvalue weighted by molar-refractivity contribution is 0.0587. The molecule has 0 saturated heterocycles. The van der Waals surface area contributed by atoms with Crippen LogP contribution in [0.4, 0.5) is 4.39 Å². The number of ether oxygens (including phenoxy) is 2. The summed E-state index contributed by atoms with van der Waals surface area (Å²) in [5.41, 5.74) is 7.56. The molecule has 1 aliphatic rings. The van der Waals surface area contributed by atoms with Gasteiger partial charge in [0.05, 0.1) is 23.1 Å². The second-order valence-corrected chi connectivity index (χ2v) is 10.3. The third kappa shape index (κ3) is 5.65. The van der Waals surface area contributed by atoms with Gasteiger partial charge in [-0.2, -0.15) is 5.26 Å². The van der Waals surface area contributed by atoms with E-state index in [0.717, 1.165) is 5.56 Å². The molecule has 210 valence electrons. The fourth-order valence-electron chi connectivity index (χ4n) is 5.21. The number of rotatable bonds is 9. The highest BCUT2D eigenvalue weighted by Crippen LogP contribution is 2.37. The fraction of sp³-hybridized carbons (Fsp3) is 0.281. The molecule has 41 heavy (non-hydrogen) atoms. The van der Waals surface area contributed by atoms with Gasteiger partial charge in [-0.15, -0.1) is 0 Å². The van der Waals surface area contributed by atoms with Crippen LogP contribution < -0.4 is 20.6 Å². The average molecular weight is 556 g/mol. The van der Waals surface area contributed by atoms with Crippen LogP contribution in [0.1, 0.15) is 59.1 Å². The Labute approximate surface area is 236 Å². The monoisotopic (exact) mass is 555 g/mol. The molecule has 0 radical (unpaired) electrons. The van der Waals surface area contributed by atoms with E-state index < -0.39 is 11.9 Å². The van der Waals surface area contributed by atoms with E-state index in [0.29, 0.717) is 47.7 Å². The molecule has 0 fully saturated rings. The smallest absolute Gasteiger partial charge is 0.254 e. The third-order valence-electron chi connectivity index (χ3n) is 7.14. The van der Waals surface area contributed by atoms with Crippen LogP contribution in [0.3, 0.4) is 0 Å². The van der Waals surface area contributed by atoms with Crippen molar-refractivity contribution in [2.24, 2.45) is 11.7 Å². The van der Waals surface area contributed by atoms with Crippen LogP contribution in [0, 0.1) is 23.1 Å². The maximum Gasteiger partial charge on any atom is 0.254 e. The van der Waals surface area contributed by atoms with Crippen LogP contribution in [0.5, 0.6) is 11.5 Å². The van der Waals surface area contributed by atoms with Gasteiger partial charge in [-0.05, 0) is 66.9 Å². The Hall–Kier alpha value is -4.68. The molecule has 2 N–H and O–H groups in total. The number of nitrogens with two attached hydrogens (primary N) is 1. The van der Waals surface area contributed by atoms with Gasteiger partial charge in [-0.3, -0.25) is 9.59 Å². The Bertz CT molecular complexity index is 1710. The van der Waals surface area contributed by atoms with E-state index in [4.69, 9.17) is 19.6 Å². The van der Waals surface area contributed by atoms with E-state index in [9.17, 15) is 19.2 Å². The Morgan fingerprint density at radius 1 is 1.10 bits per heavy atom. The summed E-state index contributed by atoms with van der Waals surface area (Å²) in [6.07, 6.45) is 0.665. The maximum absolute atomic E-state index is 14.3. The topological polar surface area (TPSA) is 119 Å². The third-order valence-corrected chi connectivity index (χ3v) is 7.14. The summed E-state index contributed by atoms with van der Waals surface area (Å²) < 4.78 is 31.5. The summed E-state index contributed by atoms with van der Waals surface area (Å²) >= 11 is 0. The quantitative estimate of drug-likeness (QED) is 0.297. The molecule has 1 amide bonds. The molecule has 0 saturated carbocycles. The van der Waals surface area contributed by atoms with Crippen molar-refractivity contribution in [2.45, 2.75) is 32.7 Å². The summed E-state index contributed by atoms with van der Waals surface area (Å²) in [5, 5.41) is 9.65. The normalized spacial score (nSPS) is 12.9. The number of hydrogen-bond donors (Lipinski definition) is 1. The lowest BCUT2D eigenvalue weighted by Gasteiger charge is -2.35. The molecule has 1 unspecified atom stereocenters. The fourth-order valence-corrected chi connectivity index (χ4v) is 5.21. The van der Waals surface area contributed by atoms with Crippen molar-refractivity contribution < 1.29 is 23.1 Å². The van der Waals surface area contributed by atoms with Crippen molar-refractivity contribution in [3.8, 4) is 17.6 Å². The van der Waals surface area contributed by atoms with Gasteiger partial charge in [-0.1, -0.05) is 26.0 Å². The van der Waals surface area contributed by atoms with Gasteiger partial charge in [0.1, 0.15) is 17.2 Å². The summed E-state index contributed by atoms with van der Waals surface area (Å²) in [6, 6.07) is 17.2. The highest BCUT2D eigenvalue weighted by molar-refractivity contribution is 5.95. The van der Waals surface area contributed by atoms with Crippen molar-refractivity contribution in [3.63, 3.8) is 0 Å². The first-order valence-corrected chi connectivity index (χ1v) is 13.5. The lowest BCUT2D eigenvalue weighted by atomic mass is 9.91. The van der Waals surface area contributed by atoms with Crippen LogP contribution in [0.2, 0.25) is 0 Å². The minimum absolute atomic E-state index is 0.0770. The number of hydrogen-bond acceptors (Lipinski definition) is 7. The molecule has 3 aromatic carbocycles. The predicted octanol–water partition coefficient (Wildman–Crippen LogP) is 5.31. The van der Waals surface area contributed by atoms with Crippen LogP contribution in [-0.2, 0) is 6.42 Å². The summed E-state index contributed by atoms with van der Waals surface area (Å²) in [4.78, 5) is 29.7. The van der Waals surface area contributed by atoms with E-state index in [2.05, 4.69) is 6.07 Å². The first-order valence-electron chi connectivity index (χ1n) is 13.5. The Kier molecular flexibility index (Phi) is 8.04. The van der Waals surface area contributed by atoms with Crippen LogP contribution in [0.15, 0.2) is 69.9 Å². The Morgan fingerprint density at radius 3 is 2.66 bits per heavy atom. The number of carbonyl (C=O) groups excluding carboxylic acids is 1. The average Bonchev–Trinajstić information content (AvgIpc) is 3.44. The molecular formula is C32H30FN3O5. The number of halogens is 1. The highest BCUT2D eigenvalue weighted by atomic mass is 19.1. The van der Waals surface area contributed by atoms with E-state index in [-0.39, 0.29) is 47.2 Å². The zero-order valence-electron chi connectivity index (χ0n) is 22.9. The number of fused-ring (bicyclic) bond motifs is 2. The van der Waals surface area contributed by atoms with Gasteiger partial charge >= 0.3 is 0 Å². The molecule has 0 bridgehead atoms. The molecule has 0 aliphatic carbocycles. The SMILES string of the molecule is CC(C)C(c1oc2cc(F)ccc2c(=O)c1Cc1cccc(C#N)c1)N(CCCN)C(=O)c1ccc2c(c1)OCO2. The van der Waals surface area contributed by atoms with Crippen molar-refractivity contribution in [1.82, 2.24) is 4.90 Å². The summed E-state index contributed by atoms with van der Waals surface area (Å²) in [6.45, 7) is 4.58. The zero-order chi connectivity index (χ0) is 29.1. The predicted molar refractivity (Wildman–Crippen MR) is 151 cm³/mol. The summed E-state index contributed by atoms with van der Waals surface area (Å²) in [7, 11) is 0. The molecule has 5 rings (SSSR count). The van der Waals surface area contributed by atoms with Gasteiger partial charge in [0.2, 0.25) is 6.79 Å². The van der Waals surface area contributed by atoms with Crippen molar-refractivity contribution in [2.75, 3.05) is 19.9 Å². The Morgan fingerprint density at radius 2 is 1.90 bits per heavy atom. The largest absolute Gasteiger partial charge is 0.458 e. The highest BCUT2D eigenvalue weighted by Gasteiger charge is 2.34. The molecule has 0 spiro atoms. The van der Waals surface area contributed by atoms with Gasteiger partial charge in [0.25, 0.3) is 5.91 Å². The molecule has 8 nitrogen and oxygen atoms in total. The number of carbonyl (C=O) groups is 1. The number of amides is 1. The molecule has 2 heterocycles. The standard InChI is InChI=1S/C32H30FN3O5/c1-19(2)29(36(12-4-11-34)32(38)22-7-10-26-28(15-22)40-18-39-26)31-25(14-20-5-3-6-21(13-20)17-35)30(37)24-9-8-23(33)16-27(24)41-31/h3,5-10,13,15-16,19,29H,4,11-12,14,18,34H2,1-2H3. The van der Waals surface area contributed by atoms with Crippen LogP contribution >= 0.6 is 0 Å². The van der Waals surface area contributed by atoms with E-state index in [1.165, 1.54) is 18.2 Å². The van der Waals surface area contributed by atoms with E-state index >= 15 is 0 Å². The molecule has 9 heteroatoms. The molecular weight excluding hydrogens is 525 g/mol. The van der Waals surface area contributed by atoms with Crippen LogP contribution in [-0.4, -0.2) is 30.7 Å². The first-order chi connectivity index (χ1) is 19.8. The van der Waals surface area contributed by atoms with Crippen molar-refractivity contribution >= 4 is 16.9 Å². The second kappa shape index (κ2) is 11.8. The van der Waals surface area contributed by atoms with Crippen molar-refractivity contribution in [1.29, 1.82) is 5.26 Å². The molecule has 1 atom stereocenters. The van der Waals surface area contributed by atoms with Gasteiger partial charge in [0, 0.05) is 30.2 Å². The van der Waals surface area contributed by atoms with Crippen LogP contribution in [0.25, 0.3) is 11.0 Å². The summed E-state index contributed by atoms with van der Waals surface area (Å²) in [5.74, 6) is 0.260. The minimum atomic E-state index is -0.686. The molecule has 1 aromatic heterocycles. The van der Waals surface area contributed by atoms with Crippen molar-refractivity contribution in [3.05, 3.63) is 105 Å². The van der Waals surface area contributed by atoms with E-state index in [1.807, 2.05) is 19.9 Å². The van der Waals surface area contributed by atoms with E-state index in [1.54, 1.807) is 41.3 Å². The molecule has 4 aromatic rings.